The summed E-state index contributed by atoms with van der Waals surface area (Å²) in [5, 5.41) is 18.0. The lowest BCUT2D eigenvalue weighted by atomic mass is 9.71. The lowest BCUT2D eigenvalue weighted by Gasteiger charge is -2.45. The second-order valence-electron chi connectivity index (χ2n) is 9.09. The standard InChI is InChI=1S/C26H24N6O5/c1-35-19-5-3-4-15-20(36-2)13-17(28-22(15)19)24(34)21-23(33)16-12-14(25-29-31-32-30-25)6-7-18(16)37-26(21)8-10-27-11-9-26/h3-7,12-13,21,27H,8-11H2,1-2H3,(H,29,30,31,32)/t21-/m1/s1. The third-order valence-corrected chi connectivity index (χ3v) is 7.12. The van der Waals surface area contributed by atoms with Crippen LogP contribution < -0.4 is 19.5 Å². The van der Waals surface area contributed by atoms with Crippen molar-refractivity contribution in [1.29, 1.82) is 0 Å². The molecular weight excluding hydrogens is 476 g/mol. The molecule has 1 fully saturated rings. The Bertz CT molecular complexity index is 1510. The number of aromatic nitrogens is 5. The number of ketones is 2. The highest BCUT2D eigenvalue weighted by Crippen LogP contribution is 2.44. The van der Waals surface area contributed by atoms with Gasteiger partial charge in [0.2, 0.25) is 5.82 Å². The minimum absolute atomic E-state index is 0.117. The monoisotopic (exact) mass is 500 g/mol. The van der Waals surface area contributed by atoms with Crippen LogP contribution in [0.25, 0.3) is 22.3 Å². The van der Waals surface area contributed by atoms with E-state index in [1.807, 2.05) is 12.1 Å². The Hall–Kier alpha value is -4.38. The normalized spacial score (nSPS) is 18.3. The average Bonchev–Trinajstić information content (AvgIpc) is 3.47. The Morgan fingerprint density at radius 1 is 1.08 bits per heavy atom. The smallest absolute Gasteiger partial charge is 0.204 e. The van der Waals surface area contributed by atoms with Crippen molar-refractivity contribution in [3.63, 3.8) is 0 Å². The molecule has 0 aliphatic carbocycles. The first kappa shape index (κ1) is 23.0. The lowest BCUT2D eigenvalue weighted by molar-refractivity contribution is -0.0139. The highest BCUT2D eigenvalue weighted by atomic mass is 16.5. The van der Waals surface area contributed by atoms with E-state index in [0.29, 0.717) is 71.0 Å². The lowest BCUT2D eigenvalue weighted by Crippen LogP contribution is -2.58. The Kier molecular flexibility index (Phi) is 5.56. The Morgan fingerprint density at radius 2 is 1.89 bits per heavy atom. The molecule has 11 heteroatoms. The minimum Gasteiger partial charge on any atom is -0.496 e. The van der Waals surface area contributed by atoms with E-state index < -0.39 is 17.3 Å². The van der Waals surface area contributed by atoms with Crippen LogP contribution in [0.2, 0.25) is 0 Å². The molecule has 0 radical (unpaired) electrons. The number of ether oxygens (including phenoxy) is 3. The minimum atomic E-state index is -1.09. The summed E-state index contributed by atoms with van der Waals surface area (Å²) < 4.78 is 17.6. The topological polar surface area (TPSA) is 141 Å². The average molecular weight is 501 g/mol. The van der Waals surface area contributed by atoms with Gasteiger partial charge in [-0.1, -0.05) is 6.07 Å². The first-order valence-electron chi connectivity index (χ1n) is 11.9. The number of Topliss-reactive ketones (excluding diaryl/α,β-unsaturated/α-hetero) is 2. The molecule has 2 aliphatic rings. The molecule has 0 amide bonds. The first-order chi connectivity index (χ1) is 18.0. The molecule has 6 rings (SSSR count). The van der Waals surface area contributed by atoms with E-state index in [4.69, 9.17) is 14.2 Å². The van der Waals surface area contributed by atoms with E-state index in [2.05, 4.69) is 30.9 Å². The van der Waals surface area contributed by atoms with Crippen molar-refractivity contribution < 1.29 is 23.8 Å². The van der Waals surface area contributed by atoms with E-state index in [0.717, 1.165) is 0 Å². The van der Waals surface area contributed by atoms with Crippen molar-refractivity contribution in [1.82, 2.24) is 30.9 Å². The number of tetrazole rings is 1. The molecule has 0 bridgehead atoms. The fourth-order valence-corrected chi connectivity index (χ4v) is 5.30. The van der Waals surface area contributed by atoms with Gasteiger partial charge in [0.05, 0.1) is 19.8 Å². The maximum atomic E-state index is 14.2. The van der Waals surface area contributed by atoms with E-state index >= 15 is 0 Å². The molecule has 0 saturated carbocycles. The van der Waals surface area contributed by atoms with Gasteiger partial charge in [-0.25, -0.2) is 4.98 Å². The van der Waals surface area contributed by atoms with Gasteiger partial charge in [0.15, 0.2) is 11.6 Å². The van der Waals surface area contributed by atoms with E-state index in [1.54, 1.807) is 30.3 Å². The van der Waals surface area contributed by atoms with Crippen molar-refractivity contribution >= 4 is 22.5 Å². The van der Waals surface area contributed by atoms with Gasteiger partial charge < -0.3 is 19.5 Å². The fourth-order valence-electron chi connectivity index (χ4n) is 5.30. The van der Waals surface area contributed by atoms with Gasteiger partial charge in [-0.2, -0.15) is 5.21 Å². The van der Waals surface area contributed by atoms with Crippen LogP contribution >= 0.6 is 0 Å². The van der Waals surface area contributed by atoms with Crippen LogP contribution in [0.1, 0.15) is 33.7 Å². The number of piperidine rings is 1. The van der Waals surface area contributed by atoms with Crippen LogP contribution in [0.5, 0.6) is 17.2 Å². The maximum absolute atomic E-state index is 14.2. The Labute approximate surface area is 211 Å². The zero-order valence-electron chi connectivity index (χ0n) is 20.3. The number of fused-ring (bicyclic) bond motifs is 2. The summed E-state index contributed by atoms with van der Waals surface area (Å²) >= 11 is 0. The number of pyridine rings is 1. The van der Waals surface area contributed by atoms with Crippen LogP contribution in [0.4, 0.5) is 0 Å². The summed E-state index contributed by atoms with van der Waals surface area (Å²) in [5.74, 6) is -0.0820. The van der Waals surface area contributed by atoms with Crippen LogP contribution in [0.15, 0.2) is 42.5 Å². The van der Waals surface area contributed by atoms with Gasteiger partial charge in [-0.05, 0) is 48.6 Å². The van der Waals surface area contributed by atoms with Gasteiger partial charge in [0.1, 0.15) is 40.0 Å². The number of hydrogen-bond acceptors (Lipinski definition) is 10. The zero-order valence-corrected chi connectivity index (χ0v) is 20.3. The van der Waals surface area contributed by atoms with Crippen LogP contribution in [-0.4, -0.2) is 70.1 Å². The largest absolute Gasteiger partial charge is 0.496 e. The van der Waals surface area contributed by atoms with Gasteiger partial charge in [-0.3, -0.25) is 9.59 Å². The molecule has 1 spiro atoms. The van der Waals surface area contributed by atoms with Gasteiger partial charge in [0, 0.05) is 29.9 Å². The predicted molar refractivity (Wildman–Crippen MR) is 132 cm³/mol. The SMILES string of the molecule is COc1cc(C(=O)[C@H]2C(=O)c3cc(-c4nn[nH]n4)ccc3OC23CCNCC3)nc2c(OC)cccc12. The van der Waals surface area contributed by atoms with Gasteiger partial charge >= 0.3 is 0 Å². The second-order valence-corrected chi connectivity index (χ2v) is 9.09. The van der Waals surface area contributed by atoms with Gasteiger partial charge in [0.25, 0.3) is 0 Å². The number of H-pyrrole nitrogens is 1. The number of nitrogens with one attached hydrogen (secondary N) is 2. The molecule has 2 aliphatic heterocycles. The summed E-state index contributed by atoms with van der Waals surface area (Å²) in [7, 11) is 3.07. The number of para-hydroxylation sites is 1. The van der Waals surface area contributed by atoms with Gasteiger partial charge in [-0.15, -0.1) is 10.2 Å². The Morgan fingerprint density at radius 3 is 2.62 bits per heavy atom. The molecular formula is C26H24N6O5. The third-order valence-electron chi connectivity index (χ3n) is 7.12. The van der Waals surface area contributed by atoms with Crippen molar-refractivity contribution in [2.75, 3.05) is 27.3 Å². The summed E-state index contributed by atoms with van der Waals surface area (Å²) in [6.07, 6.45) is 0.991. The molecule has 1 atom stereocenters. The highest BCUT2D eigenvalue weighted by molar-refractivity contribution is 6.19. The number of hydrogen-bond donors (Lipinski definition) is 2. The molecule has 188 valence electrons. The fraction of sp³-hybridized carbons (Fsp3) is 0.308. The first-order valence-corrected chi connectivity index (χ1v) is 11.9. The third kappa shape index (κ3) is 3.70. The molecule has 37 heavy (non-hydrogen) atoms. The van der Waals surface area contributed by atoms with Crippen molar-refractivity contribution in [3.8, 4) is 28.6 Å². The number of methoxy groups -OCH3 is 2. The van der Waals surface area contributed by atoms with E-state index in [9.17, 15) is 9.59 Å². The second kappa shape index (κ2) is 8.93. The number of benzene rings is 2. The van der Waals surface area contributed by atoms with Crippen molar-refractivity contribution in [2.24, 2.45) is 5.92 Å². The molecule has 4 aromatic rings. The van der Waals surface area contributed by atoms with Crippen molar-refractivity contribution in [3.05, 3.63) is 53.7 Å². The van der Waals surface area contributed by atoms with Crippen LogP contribution in [-0.2, 0) is 0 Å². The summed E-state index contributed by atoms with van der Waals surface area (Å²) in [4.78, 5) is 32.9. The van der Waals surface area contributed by atoms with E-state index in [-0.39, 0.29) is 11.5 Å². The van der Waals surface area contributed by atoms with Crippen LogP contribution in [0, 0.1) is 5.92 Å². The number of nitrogens with zero attached hydrogens (tertiary/aromatic N) is 4. The van der Waals surface area contributed by atoms with Crippen molar-refractivity contribution in [2.45, 2.75) is 18.4 Å². The molecule has 2 aromatic carbocycles. The molecule has 11 nitrogen and oxygen atoms in total. The molecule has 2 aromatic heterocycles. The number of aromatic amines is 1. The number of carbonyl (C=O) groups excluding carboxylic acids is 2. The van der Waals surface area contributed by atoms with E-state index in [1.165, 1.54) is 14.2 Å². The highest BCUT2D eigenvalue weighted by Gasteiger charge is 2.54. The number of rotatable bonds is 5. The summed E-state index contributed by atoms with van der Waals surface area (Å²) in [6, 6.07) is 12.2. The molecule has 2 N–H and O–H groups in total. The number of carbonyl (C=O) groups is 2. The molecule has 1 saturated heterocycles. The molecule has 0 unspecified atom stereocenters. The molecule has 4 heterocycles. The predicted octanol–water partition coefficient (Wildman–Crippen LogP) is 2.63. The zero-order chi connectivity index (χ0) is 25.6. The summed E-state index contributed by atoms with van der Waals surface area (Å²) in [5.41, 5.74) is 0.495. The Balaban J connectivity index is 1.49. The van der Waals surface area contributed by atoms with Crippen LogP contribution in [0.3, 0.4) is 0 Å². The maximum Gasteiger partial charge on any atom is 0.204 e. The quantitative estimate of drug-likeness (QED) is 0.310. The summed E-state index contributed by atoms with van der Waals surface area (Å²) in [6.45, 7) is 1.24.